The van der Waals surface area contributed by atoms with Gasteiger partial charge in [0.05, 0.1) is 23.9 Å². The van der Waals surface area contributed by atoms with Crippen molar-refractivity contribution < 1.29 is 4.74 Å². The summed E-state index contributed by atoms with van der Waals surface area (Å²) in [5, 5.41) is 0. The number of hydrogen-bond donors (Lipinski definition) is 1. The van der Waals surface area contributed by atoms with Crippen LogP contribution < -0.4 is 5.73 Å². The van der Waals surface area contributed by atoms with E-state index in [-0.39, 0.29) is 5.60 Å². The fourth-order valence-electron chi connectivity index (χ4n) is 3.54. The van der Waals surface area contributed by atoms with Crippen LogP contribution in [0.1, 0.15) is 50.0 Å². The summed E-state index contributed by atoms with van der Waals surface area (Å²) in [5.41, 5.74) is 7.09. The van der Waals surface area contributed by atoms with Gasteiger partial charge in [0.25, 0.3) is 0 Å². The Kier molecular flexibility index (Phi) is 3.16. The number of hydrogen-bond acceptors (Lipinski definition) is 3. The Morgan fingerprint density at radius 3 is 2.94 bits per heavy atom. The van der Waals surface area contributed by atoms with Crippen molar-refractivity contribution >= 4 is 0 Å². The number of imidazole rings is 1. The first-order valence-electron chi connectivity index (χ1n) is 7.11. The van der Waals surface area contributed by atoms with Gasteiger partial charge in [-0.3, -0.25) is 0 Å². The van der Waals surface area contributed by atoms with E-state index in [4.69, 9.17) is 10.5 Å². The highest BCUT2D eigenvalue weighted by Gasteiger charge is 2.42. The molecule has 4 heteroatoms. The topological polar surface area (TPSA) is 53.1 Å². The van der Waals surface area contributed by atoms with Crippen molar-refractivity contribution in [2.75, 3.05) is 0 Å². The Balaban J connectivity index is 1.68. The van der Waals surface area contributed by atoms with Gasteiger partial charge in [0.15, 0.2) is 0 Å². The zero-order valence-electron chi connectivity index (χ0n) is 11.2. The summed E-state index contributed by atoms with van der Waals surface area (Å²) in [5.74, 6) is 1.05. The largest absolute Gasteiger partial charge is 0.370 e. The second-order valence-electron chi connectivity index (χ2n) is 5.78. The van der Waals surface area contributed by atoms with E-state index < -0.39 is 0 Å². The lowest BCUT2D eigenvalue weighted by atomic mass is 9.98. The fraction of sp³-hybridized carbons (Fsp3) is 0.786. The molecule has 100 valence electrons. The Labute approximate surface area is 109 Å². The summed E-state index contributed by atoms with van der Waals surface area (Å²) >= 11 is 0. The molecular formula is C14H23N3O. The number of nitrogens with two attached hydrogens (primary N) is 1. The van der Waals surface area contributed by atoms with E-state index in [9.17, 15) is 0 Å². The van der Waals surface area contributed by atoms with Crippen LogP contribution in [0.5, 0.6) is 0 Å². The molecule has 4 nitrogen and oxygen atoms in total. The minimum absolute atomic E-state index is 0.224. The van der Waals surface area contributed by atoms with Gasteiger partial charge in [-0.1, -0.05) is 12.8 Å². The van der Waals surface area contributed by atoms with Crippen LogP contribution in [-0.4, -0.2) is 21.3 Å². The van der Waals surface area contributed by atoms with Crippen LogP contribution >= 0.6 is 0 Å². The Morgan fingerprint density at radius 2 is 2.22 bits per heavy atom. The maximum Gasteiger partial charge on any atom is 0.105 e. The molecule has 0 bridgehead atoms. The third-order valence-corrected chi connectivity index (χ3v) is 4.59. The van der Waals surface area contributed by atoms with Gasteiger partial charge in [0.1, 0.15) is 5.82 Å². The number of aromatic nitrogens is 2. The lowest BCUT2D eigenvalue weighted by Crippen LogP contribution is -2.27. The molecule has 1 aliphatic carbocycles. The van der Waals surface area contributed by atoms with Crippen LogP contribution in [0.2, 0.25) is 0 Å². The fourth-order valence-corrected chi connectivity index (χ4v) is 3.54. The third-order valence-electron chi connectivity index (χ3n) is 4.59. The summed E-state index contributed by atoms with van der Waals surface area (Å²) in [6, 6.07) is 0. The highest BCUT2D eigenvalue weighted by Crippen LogP contribution is 2.43. The van der Waals surface area contributed by atoms with E-state index in [1.165, 1.54) is 38.5 Å². The van der Waals surface area contributed by atoms with Crippen molar-refractivity contribution in [3.8, 4) is 0 Å². The van der Waals surface area contributed by atoms with E-state index in [1.807, 2.05) is 13.1 Å². The van der Waals surface area contributed by atoms with Gasteiger partial charge in [-0.2, -0.15) is 0 Å². The van der Waals surface area contributed by atoms with Gasteiger partial charge in [0, 0.05) is 12.7 Å². The second kappa shape index (κ2) is 4.67. The molecule has 2 aliphatic rings. The van der Waals surface area contributed by atoms with Crippen molar-refractivity contribution in [2.45, 2.75) is 70.2 Å². The first-order chi connectivity index (χ1) is 8.72. The van der Waals surface area contributed by atoms with Crippen LogP contribution in [0.25, 0.3) is 0 Å². The smallest absolute Gasteiger partial charge is 0.105 e. The molecule has 3 rings (SSSR count). The van der Waals surface area contributed by atoms with E-state index in [2.05, 4.69) is 9.55 Å². The third kappa shape index (κ3) is 2.08. The van der Waals surface area contributed by atoms with E-state index in [0.717, 1.165) is 18.1 Å². The zero-order chi connectivity index (χ0) is 12.6. The molecule has 2 heterocycles. The highest BCUT2D eigenvalue weighted by molar-refractivity contribution is 5.05. The first-order valence-corrected chi connectivity index (χ1v) is 7.11. The highest BCUT2D eigenvalue weighted by atomic mass is 16.5. The summed E-state index contributed by atoms with van der Waals surface area (Å²) in [4.78, 5) is 4.35. The van der Waals surface area contributed by atoms with Gasteiger partial charge in [0.2, 0.25) is 0 Å². The summed E-state index contributed by atoms with van der Waals surface area (Å²) < 4.78 is 8.57. The molecule has 1 saturated heterocycles. The van der Waals surface area contributed by atoms with Crippen LogP contribution in [0.15, 0.2) is 6.20 Å². The molecule has 1 spiro atoms. The molecule has 0 aromatic carbocycles. The summed E-state index contributed by atoms with van der Waals surface area (Å²) in [7, 11) is 0. The Morgan fingerprint density at radius 1 is 1.44 bits per heavy atom. The quantitative estimate of drug-likeness (QED) is 0.893. The molecule has 1 saturated carbocycles. The molecule has 0 radical (unpaired) electrons. The average Bonchev–Trinajstić information content (AvgIpc) is 3.06. The Bertz CT molecular complexity index is 421. The standard InChI is InChI=1S/C14H23N3O/c1-11-16-9-12(8-15)17(11)10-13-4-7-14(18-13)5-2-3-6-14/h9,13H,2-8,10,15H2,1H3. The van der Waals surface area contributed by atoms with Crippen molar-refractivity contribution in [2.24, 2.45) is 5.73 Å². The van der Waals surface area contributed by atoms with Crippen LogP contribution in [0.3, 0.4) is 0 Å². The minimum Gasteiger partial charge on any atom is -0.370 e. The van der Waals surface area contributed by atoms with Gasteiger partial charge in [-0.25, -0.2) is 4.98 Å². The van der Waals surface area contributed by atoms with Gasteiger partial charge >= 0.3 is 0 Å². The molecule has 1 aliphatic heterocycles. The minimum atomic E-state index is 0.224. The molecule has 18 heavy (non-hydrogen) atoms. The van der Waals surface area contributed by atoms with Gasteiger partial charge in [-0.15, -0.1) is 0 Å². The lowest BCUT2D eigenvalue weighted by Gasteiger charge is -2.24. The zero-order valence-corrected chi connectivity index (χ0v) is 11.2. The number of ether oxygens (including phenoxy) is 1. The number of aryl methyl sites for hydroxylation is 1. The molecule has 1 aromatic heterocycles. The van der Waals surface area contributed by atoms with Crippen molar-refractivity contribution in [1.29, 1.82) is 0 Å². The molecule has 0 amide bonds. The van der Waals surface area contributed by atoms with Crippen LogP contribution in [0, 0.1) is 6.92 Å². The summed E-state index contributed by atoms with van der Waals surface area (Å²) in [6.45, 7) is 3.51. The maximum absolute atomic E-state index is 6.35. The Hall–Kier alpha value is -0.870. The van der Waals surface area contributed by atoms with Crippen molar-refractivity contribution in [3.05, 3.63) is 17.7 Å². The second-order valence-corrected chi connectivity index (χ2v) is 5.78. The molecule has 2 N–H and O–H groups in total. The normalized spacial score (nSPS) is 26.2. The first kappa shape index (κ1) is 12.2. The average molecular weight is 249 g/mol. The van der Waals surface area contributed by atoms with Gasteiger partial charge < -0.3 is 15.0 Å². The molecule has 1 unspecified atom stereocenters. The van der Waals surface area contributed by atoms with Crippen molar-refractivity contribution in [1.82, 2.24) is 9.55 Å². The predicted octanol–water partition coefficient (Wildman–Crippen LogP) is 2.14. The SMILES string of the molecule is Cc1ncc(CN)n1CC1CCC2(CCCC2)O1. The summed E-state index contributed by atoms with van der Waals surface area (Å²) in [6.07, 6.45) is 9.85. The predicted molar refractivity (Wildman–Crippen MR) is 70.2 cm³/mol. The lowest BCUT2D eigenvalue weighted by molar-refractivity contribution is -0.0422. The maximum atomic E-state index is 6.35. The number of nitrogens with zero attached hydrogens (tertiary/aromatic N) is 2. The van der Waals surface area contributed by atoms with E-state index >= 15 is 0 Å². The van der Waals surface area contributed by atoms with Crippen LogP contribution in [0.4, 0.5) is 0 Å². The molecule has 1 aromatic rings. The van der Waals surface area contributed by atoms with Crippen LogP contribution in [-0.2, 0) is 17.8 Å². The molecule has 1 atom stereocenters. The molecular weight excluding hydrogens is 226 g/mol. The monoisotopic (exact) mass is 249 g/mol. The van der Waals surface area contributed by atoms with E-state index in [0.29, 0.717) is 12.6 Å². The molecule has 2 fully saturated rings. The van der Waals surface area contributed by atoms with Crippen molar-refractivity contribution in [3.63, 3.8) is 0 Å². The number of rotatable bonds is 3. The van der Waals surface area contributed by atoms with Gasteiger partial charge in [-0.05, 0) is 32.6 Å². The van der Waals surface area contributed by atoms with E-state index in [1.54, 1.807) is 0 Å².